The Bertz CT molecular complexity index is 806. The van der Waals surface area contributed by atoms with Gasteiger partial charge in [-0.1, -0.05) is 68.4 Å². The van der Waals surface area contributed by atoms with Gasteiger partial charge < -0.3 is 0 Å². The molecule has 1 radical (unpaired) electrons. The molecule has 0 aromatic heterocycles. The van der Waals surface area contributed by atoms with Gasteiger partial charge >= 0.3 is 0 Å². The van der Waals surface area contributed by atoms with E-state index in [1.54, 1.807) is 0 Å². The van der Waals surface area contributed by atoms with Crippen molar-refractivity contribution >= 4 is 10.8 Å². The van der Waals surface area contributed by atoms with Crippen molar-refractivity contribution in [3.8, 4) is 0 Å². The normalized spacial score (nSPS) is 16.8. The van der Waals surface area contributed by atoms with E-state index >= 15 is 0 Å². The van der Waals surface area contributed by atoms with Crippen LogP contribution in [0.1, 0.15) is 47.9 Å². The third kappa shape index (κ3) is 1.90. The first kappa shape index (κ1) is 12.6. The second-order valence-electron chi connectivity index (χ2n) is 6.33. The zero-order chi connectivity index (χ0) is 14.4. The standard InChI is InChI=1S/C21H19/c1-14(2)17-10-3-4-11-18(17)20-13-16-9-5-7-15-8-6-12-19(20)21(15)16/h4-12,14,20H,13H2,1-2H3. The summed E-state index contributed by atoms with van der Waals surface area (Å²) in [5.41, 5.74) is 5.91. The highest BCUT2D eigenvalue weighted by Crippen LogP contribution is 2.43. The van der Waals surface area contributed by atoms with Crippen molar-refractivity contribution in [1.82, 2.24) is 0 Å². The first-order chi connectivity index (χ1) is 10.3. The van der Waals surface area contributed by atoms with Gasteiger partial charge in [-0.3, -0.25) is 0 Å². The molecule has 21 heavy (non-hydrogen) atoms. The maximum absolute atomic E-state index is 3.25. The summed E-state index contributed by atoms with van der Waals surface area (Å²) in [4.78, 5) is 0. The van der Waals surface area contributed by atoms with E-state index in [4.69, 9.17) is 0 Å². The van der Waals surface area contributed by atoms with Crippen LogP contribution < -0.4 is 0 Å². The van der Waals surface area contributed by atoms with Gasteiger partial charge in [-0.15, -0.1) is 0 Å². The fraction of sp³-hybridized carbons (Fsp3) is 0.238. The summed E-state index contributed by atoms with van der Waals surface area (Å²) in [6.07, 6.45) is 1.13. The molecule has 4 rings (SSSR count). The van der Waals surface area contributed by atoms with Crippen LogP contribution in [0, 0.1) is 6.07 Å². The second kappa shape index (κ2) is 4.73. The molecule has 0 nitrogen and oxygen atoms in total. The minimum Gasteiger partial charge on any atom is -0.0614 e. The lowest BCUT2D eigenvalue weighted by Gasteiger charge is -2.19. The van der Waals surface area contributed by atoms with E-state index in [1.165, 1.54) is 33.0 Å². The summed E-state index contributed by atoms with van der Waals surface area (Å²) in [6.45, 7) is 4.55. The first-order valence-electron chi connectivity index (χ1n) is 7.76. The SMILES string of the molecule is CC(C)c1c[c]ccc1C1Cc2cccc3cccc1c23. The van der Waals surface area contributed by atoms with Gasteiger partial charge in [0.05, 0.1) is 0 Å². The van der Waals surface area contributed by atoms with Crippen LogP contribution in [0.2, 0.25) is 0 Å². The van der Waals surface area contributed by atoms with Crippen LogP contribution in [0.5, 0.6) is 0 Å². The van der Waals surface area contributed by atoms with Crippen LogP contribution in [-0.4, -0.2) is 0 Å². The van der Waals surface area contributed by atoms with Crippen LogP contribution in [-0.2, 0) is 6.42 Å². The highest BCUT2D eigenvalue weighted by molar-refractivity contribution is 5.92. The van der Waals surface area contributed by atoms with Crippen LogP contribution in [0.4, 0.5) is 0 Å². The summed E-state index contributed by atoms with van der Waals surface area (Å²) < 4.78 is 0. The van der Waals surface area contributed by atoms with E-state index in [2.05, 4.69) is 74.5 Å². The third-order valence-electron chi connectivity index (χ3n) is 4.75. The van der Waals surface area contributed by atoms with Crippen molar-refractivity contribution in [2.24, 2.45) is 0 Å². The molecule has 0 heteroatoms. The molecule has 0 aliphatic heterocycles. The zero-order valence-electron chi connectivity index (χ0n) is 12.6. The molecule has 0 saturated heterocycles. The number of hydrogen-bond acceptors (Lipinski definition) is 0. The fourth-order valence-electron chi connectivity index (χ4n) is 3.79. The maximum atomic E-state index is 3.25. The molecule has 1 atom stereocenters. The van der Waals surface area contributed by atoms with E-state index in [9.17, 15) is 0 Å². The van der Waals surface area contributed by atoms with E-state index in [1.807, 2.05) is 0 Å². The molecular formula is C21H19. The van der Waals surface area contributed by atoms with E-state index in [0.717, 1.165) is 6.42 Å². The van der Waals surface area contributed by atoms with Gasteiger partial charge in [-0.05, 0) is 51.4 Å². The molecule has 0 N–H and O–H groups in total. The van der Waals surface area contributed by atoms with Crippen molar-refractivity contribution in [2.45, 2.75) is 32.1 Å². The van der Waals surface area contributed by atoms with Gasteiger partial charge in [0.15, 0.2) is 0 Å². The monoisotopic (exact) mass is 271 g/mol. The molecule has 0 heterocycles. The smallest absolute Gasteiger partial charge is 0.0139 e. The van der Waals surface area contributed by atoms with E-state index in [0.29, 0.717) is 11.8 Å². The van der Waals surface area contributed by atoms with Gasteiger partial charge in [0.2, 0.25) is 0 Å². The molecule has 0 bridgehead atoms. The van der Waals surface area contributed by atoms with Gasteiger partial charge in [0, 0.05) is 5.92 Å². The average molecular weight is 271 g/mol. The van der Waals surface area contributed by atoms with Crippen molar-refractivity contribution in [3.63, 3.8) is 0 Å². The Morgan fingerprint density at radius 2 is 1.81 bits per heavy atom. The summed E-state index contributed by atoms with van der Waals surface area (Å²) in [7, 11) is 0. The summed E-state index contributed by atoms with van der Waals surface area (Å²) in [6, 6.07) is 23.2. The van der Waals surface area contributed by atoms with Gasteiger partial charge in [-0.25, -0.2) is 0 Å². The summed E-state index contributed by atoms with van der Waals surface area (Å²) >= 11 is 0. The Morgan fingerprint density at radius 3 is 2.62 bits per heavy atom. The molecule has 0 spiro atoms. The summed E-state index contributed by atoms with van der Waals surface area (Å²) in [5.74, 6) is 1.04. The quantitative estimate of drug-likeness (QED) is 0.581. The Kier molecular flexibility index (Phi) is 2.85. The molecule has 0 amide bonds. The number of benzene rings is 3. The van der Waals surface area contributed by atoms with Crippen molar-refractivity contribution < 1.29 is 0 Å². The van der Waals surface area contributed by atoms with Crippen LogP contribution in [0.25, 0.3) is 10.8 Å². The largest absolute Gasteiger partial charge is 0.0614 e. The lowest BCUT2D eigenvalue weighted by atomic mass is 9.85. The van der Waals surface area contributed by atoms with E-state index < -0.39 is 0 Å². The Labute approximate surface area is 126 Å². The van der Waals surface area contributed by atoms with Gasteiger partial charge in [-0.2, -0.15) is 0 Å². The minimum absolute atomic E-state index is 0.498. The molecule has 0 fully saturated rings. The molecule has 1 aliphatic carbocycles. The Balaban J connectivity index is 1.93. The average Bonchev–Trinajstić information content (AvgIpc) is 2.89. The maximum Gasteiger partial charge on any atom is 0.0139 e. The molecule has 103 valence electrons. The van der Waals surface area contributed by atoms with Crippen LogP contribution in [0.15, 0.2) is 54.6 Å². The predicted octanol–water partition coefficient (Wildman–Crippen LogP) is 5.45. The van der Waals surface area contributed by atoms with Crippen molar-refractivity contribution in [1.29, 1.82) is 0 Å². The molecule has 1 aliphatic rings. The predicted molar refractivity (Wildman–Crippen MR) is 88.9 cm³/mol. The molecule has 1 unspecified atom stereocenters. The second-order valence-corrected chi connectivity index (χ2v) is 6.33. The van der Waals surface area contributed by atoms with Crippen LogP contribution in [0.3, 0.4) is 0 Å². The van der Waals surface area contributed by atoms with Crippen molar-refractivity contribution in [3.05, 3.63) is 82.9 Å². The van der Waals surface area contributed by atoms with Crippen molar-refractivity contribution in [2.75, 3.05) is 0 Å². The summed E-state index contributed by atoms with van der Waals surface area (Å²) in [5, 5.41) is 2.86. The topological polar surface area (TPSA) is 0 Å². The highest BCUT2D eigenvalue weighted by atomic mass is 14.3. The van der Waals surface area contributed by atoms with Gasteiger partial charge in [0.1, 0.15) is 0 Å². The van der Waals surface area contributed by atoms with Crippen LogP contribution >= 0.6 is 0 Å². The fourth-order valence-corrected chi connectivity index (χ4v) is 3.79. The zero-order valence-corrected chi connectivity index (χ0v) is 12.6. The third-order valence-corrected chi connectivity index (χ3v) is 4.75. The number of hydrogen-bond donors (Lipinski definition) is 0. The molecular weight excluding hydrogens is 252 g/mol. The Morgan fingerprint density at radius 1 is 1.00 bits per heavy atom. The number of rotatable bonds is 2. The molecule has 3 aromatic rings. The van der Waals surface area contributed by atoms with E-state index in [-0.39, 0.29) is 0 Å². The lowest BCUT2D eigenvalue weighted by Crippen LogP contribution is -2.04. The molecule has 3 aromatic carbocycles. The lowest BCUT2D eigenvalue weighted by molar-refractivity contribution is 0.784. The first-order valence-corrected chi connectivity index (χ1v) is 7.76. The highest BCUT2D eigenvalue weighted by Gasteiger charge is 2.27. The minimum atomic E-state index is 0.498. The Hall–Kier alpha value is -2.08. The van der Waals surface area contributed by atoms with Gasteiger partial charge in [0.25, 0.3) is 0 Å². The molecule has 0 saturated carbocycles.